The van der Waals surface area contributed by atoms with Crippen molar-refractivity contribution in [2.75, 3.05) is 5.32 Å². The molecule has 0 aliphatic carbocycles. The Hall–Kier alpha value is -2.61. The first-order valence-corrected chi connectivity index (χ1v) is 8.89. The molecule has 0 radical (unpaired) electrons. The van der Waals surface area contributed by atoms with Crippen LogP contribution in [0.3, 0.4) is 0 Å². The molecule has 4 aromatic rings. The molecule has 0 atom stereocenters. The third kappa shape index (κ3) is 3.58. The molecule has 122 valence electrons. The molecule has 0 bridgehead atoms. The molecular formula is C19H14IN5. The van der Waals surface area contributed by atoms with Crippen molar-refractivity contribution in [3.63, 3.8) is 0 Å². The third-order valence-corrected chi connectivity index (χ3v) is 4.41. The van der Waals surface area contributed by atoms with Crippen molar-refractivity contribution in [3.05, 3.63) is 76.4 Å². The summed E-state index contributed by atoms with van der Waals surface area (Å²) in [5, 5.41) is 4.40. The fraction of sp³-hybridized carbons (Fsp3) is 0.0526. The quantitative estimate of drug-likeness (QED) is 0.481. The minimum Gasteiger partial charge on any atom is -0.364 e. The highest BCUT2D eigenvalue weighted by Crippen LogP contribution is 2.26. The normalized spacial score (nSPS) is 10.8. The maximum Gasteiger partial charge on any atom is 0.163 e. The van der Waals surface area contributed by atoms with Gasteiger partial charge in [0.1, 0.15) is 5.82 Å². The molecular weight excluding hydrogens is 425 g/mol. The van der Waals surface area contributed by atoms with Crippen LogP contribution in [0.2, 0.25) is 0 Å². The van der Waals surface area contributed by atoms with Crippen molar-refractivity contribution >= 4 is 39.3 Å². The second kappa shape index (κ2) is 7.10. The molecule has 0 saturated heterocycles. The van der Waals surface area contributed by atoms with Crippen LogP contribution < -0.4 is 5.32 Å². The fourth-order valence-electron chi connectivity index (χ4n) is 2.54. The van der Waals surface area contributed by atoms with Gasteiger partial charge in [-0.15, -0.1) is 0 Å². The molecule has 1 aromatic carbocycles. The molecule has 3 aromatic heterocycles. The van der Waals surface area contributed by atoms with Crippen LogP contribution in [0, 0.1) is 3.57 Å². The number of anilines is 1. The molecule has 0 fully saturated rings. The van der Waals surface area contributed by atoms with Gasteiger partial charge in [-0.25, -0.2) is 9.97 Å². The summed E-state index contributed by atoms with van der Waals surface area (Å²) in [5.41, 5.74) is 2.75. The summed E-state index contributed by atoms with van der Waals surface area (Å²) >= 11 is 2.30. The van der Waals surface area contributed by atoms with E-state index in [-0.39, 0.29) is 0 Å². The first-order valence-electron chi connectivity index (χ1n) is 7.81. The lowest BCUT2D eigenvalue weighted by Gasteiger charge is -2.11. The molecule has 0 aliphatic rings. The van der Waals surface area contributed by atoms with Gasteiger partial charge in [-0.2, -0.15) is 0 Å². The van der Waals surface area contributed by atoms with Gasteiger partial charge in [0.05, 0.1) is 17.8 Å². The van der Waals surface area contributed by atoms with E-state index in [4.69, 9.17) is 9.97 Å². The Bertz CT molecular complexity index is 1010. The van der Waals surface area contributed by atoms with Gasteiger partial charge < -0.3 is 5.32 Å². The number of nitrogens with one attached hydrogen (secondary N) is 1. The first kappa shape index (κ1) is 15.9. The average molecular weight is 439 g/mol. The Balaban J connectivity index is 1.78. The average Bonchev–Trinajstić information content (AvgIpc) is 2.67. The molecule has 0 saturated carbocycles. The molecule has 4 rings (SSSR count). The molecule has 0 aliphatic heterocycles. The molecule has 6 heteroatoms. The number of fused-ring (bicyclic) bond motifs is 1. The maximum atomic E-state index is 4.73. The van der Waals surface area contributed by atoms with Crippen molar-refractivity contribution < 1.29 is 0 Å². The molecule has 3 heterocycles. The lowest BCUT2D eigenvalue weighted by molar-refractivity contribution is 1.03. The summed E-state index contributed by atoms with van der Waals surface area (Å²) in [6.45, 7) is 0.602. The predicted molar refractivity (Wildman–Crippen MR) is 107 cm³/mol. The number of aromatic nitrogens is 4. The van der Waals surface area contributed by atoms with E-state index in [2.05, 4.69) is 43.9 Å². The topological polar surface area (TPSA) is 63.6 Å². The number of hydrogen-bond acceptors (Lipinski definition) is 5. The Morgan fingerprint density at radius 2 is 1.92 bits per heavy atom. The standard InChI is InChI=1S/C19H14IN5/c20-14-6-7-17-16(10-14)19(23-12-15-5-1-2-9-22-15)25-18(24-17)13-4-3-8-21-11-13/h1-11H,12H2,(H,23,24,25). The highest BCUT2D eigenvalue weighted by molar-refractivity contribution is 14.1. The number of pyridine rings is 2. The number of hydrogen-bond donors (Lipinski definition) is 1. The number of benzene rings is 1. The number of nitrogens with zero attached hydrogens (tertiary/aromatic N) is 4. The monoisotopic (exact) mass is 439 g/mol. The van der Waals surface area contributed by atoms with E-state index in [0.717, 1.165) is 31.5 Å². The SMILES string of the molecule is Ic1ccc2nc(-c3cccnc3)nc(NCc3ccccn3)c2c1. The van der Waals surface area contributed by atoms with Crippen LogP contribution >= 0.6 is 22.6 Å². The van der Waals surface area contributed by atoms with E-state index >= 15 is 0 Å². The van der Waals surface area contributed by atoms with Gasteiger partial charge in [-0.3, -0.25) is 9.97 Å². The van der Waals surface area contributed by atoms with Crippen LogP contribution in [0.25, 0.3) is 22.3 Å². The summed E-state index contributed by atoms with van der Waals surface area (Å²) in [6.07, 6.45) is 5.31. The van der Waals surface area contributed by atoms with Crippen LogP contribution in [-0.4, -0.2) is 19.9 Å². The van der Waals surface area contributed by atoms with Gasteiger partial charge in [0.25, 0.3) is 0 Å². The Kier molecular flexibility index (Phi) is 4.51. The lowest BCUT2D eigenvalue weighted by Crippen LogP contribution is -2.05. The minimum absolute atomic E-state index is 0.602. The minimum atomic E-state index is 0.602. The van der Waals surface area contributed by atoms with Crippen LogP contribution in [0.5, 0.6) is 0 Å². The highest BCUT2D eigenvalue weighted by atomic mass is 127. The van der Waals surface area contributed by atoms with E-state index in [1.165, 1.54) is 0 Å². The largest absolute Gasteiger partial charge is 0.364 e. The highest BCUT2D eigenvalue weighted by Gasteiger charge is 2.10. The fourth-order valence-corrected chi connectivity index (χ4v) is 3.03. The summed E-state index contributed by atoms with van der Waals surface area (Å²) in [5.74, 6) is 1.46. The molecule has 0 unspecified atom stereocenters. The van der Waals surface area contributed by atoms with Crippen LogP contribution in [0.15, 0.2) is 67.1 Å². The zero-order chi connectivity index (χ0) is 17.1. The zero-order valence-electron chi connectivity index (χ0n) is 13.2. The van der Waals surface area contributed by atoms with E-state index in [9.17, 15) is 0 Å². The van der Waals surface area contributed by atoms with Crippen molar-refractivity contribution in [1.82, 2.24) is 19.9 Å². The second-order valence-corrected chi connectivity index (χ2v) is 6.72. The molecule has 0 amide bonds. The Morgan fingerprint density at radius 3 is 2.72 bits per heavy atom. The zero-order valence-corrected chi connectivity index (χ0v) is 15.4. The summed E-state index contributed by atoms with van der Waals surface area (Å²) in [4.78, 5) is 17.9. The van der Waals surface area contributed by atoms with Gasteiger partial charge in [-0.1, -0.05) is 6.07 Å². The van der Waals surface area contributed by atoms with Gasteiger partial charge in [-0.05, 0) is 65.1 Å². The third-order valence-electron chi connectivity index (χ3n) is 3.74. The van der Waals surface area contributed by atoms with Crippen molar-refractivity contribution in [1.29, 1.82) is 0 Å². The summed E-state index contributed by atoms with van der Waals surface area (Å²) in [7, 11) is 0. The van der Waals surface area contributed by atoms with Crippen molar-refractivity contribution in [2.24, 2.45) is 0 Å². The number of halogens is 1. The Morgan fingerprint density at radius 1 is 0.960 bits per heavy atom. The summed E-state index contributed by atoms with van der Waals surface area (Å²) < 4.78 is 1.14. The molecule has 5 nitrogen and oxygen atoms in total. The van der Waals surface area contributed by atoms with Crippen molar-refractivity contribution in [2.45, 2.75) is 6.54 Å². The van der Waals surface area contributed by atoms with Gasteiger partial charge in [0, 0.05) is 33.1 Å². The van der Waals surface area contributed by atoms with E-state index in [1.54, 1.807) is 18.6 Å². The van der Waals surface area contributed by atoms with Gasteiger partial charge in [0.2, 0.25) is 0 Å². The summed E-state index contributed by atoms with van der Waals surface area (Å²) in [6, 6.07) is 15.9. The van der Waals surface area contributed by atoms with E-state index < -0.39 is 0 Å². The molecule has 0 spiro atoms. The smallest absolute Gasteiger partial charge is 0.163 e. The van der Waals surface area contributed by atoms with Crippen LogP contribution in [0.1, 0.15) is 5.69 Å². The second-order valence-electron chi connectivity index (χ2n) is 5.47. The van der Waals surface area contributed by atoms with Crippen LogP contribution in [0.4, 0.5) is 5.82 Å². The van der Waals surface area contributed by atoms with Crippen LogP contribution in [-0.2, 0) is 6.54 Å². The van der Waals surface area contributed by atoms with Gasteiger partial charge >= 0.3 is 0 Å². The molecule has 1 N–H and O–H groups in total. The maximum absolute atomic E-state index is 4.73. The van der Waals surface area contributed by atoms with Gasteiger partial charge in [0.15, 0.2) is 5.82 Å². The van der Waals surface area contributed by atoms with Crippen molar-refractivity contribution in [3.8, 4) is 11.4 Å². The first-order chi connectivity index (χ1) is 12.3. The van der Waals surface area contributed by atoms with E-state index in [1.807, 2.05) is 42.5 Å². The molecule has 25 heavy (non-hydrogen) atoms. The number of rotatable bonds is 4. The van der Waals surface area contributed by atoms with E-state index in [0.29, 0.717) is 12.4 Å². The predicted octanol–water partition coefficient (Wildman–Crippen LogP) is 4.30. The Labute approximate surface area is 158 Å². The lowest BCUT2D eigenvalue weighted by atomic mass is 10.2.